The fourth-order valence-electron chi connectivity index (χ4n) is 1.21. The number of benzene rings is 1. The summed E-state index contributed by atoms with van der Waals surface area (Å²) in [7, 11) is -13.4. The predicted octanol–water partition coefficient (Wildman–Crippen LogP) is 2.85. The zero-order valence-corrected chi connectivity index (χ0v) is 11.8. The van der Waals surface area contributed by atoms with Crippen LogP contribution in [0, 0.1) is 0 Å². The van der Waals surface area contributed by atoms with Crippen molar-refractivity contribution in [2.75, 3.05) is 0 Å². The lowest BCUT2D eigenvalue weighted by atomic mass is 10.2. The van der Waals surface area contributed by atoms with E-state index in [1.165, 1.54) is 18.2 Å². The molecule has 0 bridgehead atoms. The van der Waals surface area contributed by atoms with Gasteiger partial charge in [-0.15, -0.1) is 0 Å². The van der Waals surface area contributed by atoms with E-state index in [0.717, 1.165) is 12.1 Å². The van der Waals surface area contributed by atoms with E-state index in [1.54, 1.807) is 0 Å². The molecule has 0 saturated heterocycles. The molecule has 0 unspecified atom stereocenters. The summed E-state index contributed by atoms with van der Waals surface area (Å²) in [4.78, 5) is 0. The maximum absolute atomic E-state index is 12.4. The first-order valence-corrected chi connectivity index (χ1v) is 8.07. The Kier molecular flexibility index (Phi) is 4.68. The molecule has 0 amide bonds. The van der Waals surface area contributed by atoms with E-state index in [-0.39, 0.29) is 6.08 Å². The second-order valence-electron chi connectivity index (χ2n) is 3.77. The topological polar surface area (TPSA) is 68.3 Å². The average molecular weight is 368 g/mol. The van der Waals surface area contributed by atoms with Gasteiger partial charge < -0.3 is 0 Å². The fraction of sp³-hybridized carbons (Fsp3) is 0.200. The molecule has 124 valence electrons. The summed E-state index contributed by atoms with van der Waals surface area (Å²) >= 11 is 0. The van der Waals surface area contributed by atoms with Crippen molar-refractivity contribution >= 4 is 25.8 Å². The van der Waals surface area contributed by atoms with Crippen LogP contribution in [0.1, 0.15) is 5.56 Å². The molecule has 0 atom stereocenters. The molecule has 12 heteroatoms. The number of hydrogen-bond acceptors (Lipinski definition) is 4. The minimum Gasteiger partial charge on any atom is -0.214 e. The Bertz CT molecular complexity index is 727. The first-order chi connectivity index (χ1) is 9.71. The highest BCUT2D eigenvalue weighted by Crippen LogP contribution is 2.39. The molecule has 22 heavy (non-hydrogen) atoms. The predicted molar refractivity (Wildman–Crippen MR) is 64.4 cm³/mol. The zero-order valence-electron chi connectivity index (χ0n) is 10.2. The van der Waals surface area contributed by atoms with Crippen LogP contribution in [0.3, 0.4) is 0 Å². The summed E-state index contributed by atoms with van der Waals surface area (Å²) in [6, 6.07) is 5.57. The van der Waals surface area contributed by atoms with Gasteiger partial charge in [0.2, 0.25) is 0 Å². The number of rotatable bonds is 3. The molecule has 0 radical (unpaired) electrons. The smallest absolute Gasteiger partial charge is 0.214 e. The summed E-state index contributed by atoms with van der Waals surface area (Å²) in [5.74, 6) is 0. The largest absolute Gasteiger partial charge is 0.502 e. The van der Waals surface area contributed by atoms with Crippen LogP contribution in [0.15, 0.2) is 34.6 Å². The molecular weight excluding hydrogens is 362 g/mol. The molecule has 1 aromatic rings. The summed E-state index contributed by atoms with van der Waals surface area (Å²) in [6.07, 6.45) is -0.189. The molecule has 0 aromatic heterocycles. The van der Waals surface area contributed by atoms with Crippen molar-refractivity contribution in [3.05, 3.63) is 40.1 Å². The van der Waals surface area contributed by atoms with Gasteiger partial charge >= 0.3 is 11.0 Å². The van der Waals surface area contributed by atoms with Crippen LogP contribution in [-0.4, -0.2) is 27.9 Å². The van der Waals surface area contributed by atoms with Crippen LogP contribution in [0.25, 0.3) is 6.08 Å². The lowest BCUT2D eigenvalue weighted by Crippen LogP contribution is -2.34. The zero-order chi connectivity index (χ0) is 17.4. The maximum Gasteiger partial charge on any atom is 0.502 e. The van der Waals surface area contributed by atoms with E-state index < -0.39 is 40.5 Å². The lowest BCUT2D eigenvalue weighted by molar-refractivity contribution is -0.0443. The Balaban J connectivity index is 3.75. The maximum atomic E-state index is 12.4. The van der Waals surface area contributed by atoms with Crippen molar-refractivity contribution in [1.82, 2.24) is 0 Å². The lowest BCUT2D eigenvalue weighted by Gasteiger charge is -2.14. The molecule has 0 heterocycles. The molecule has 0 aliphatic rings. The highest BCUT2D eigenvalue weighted by molar-refractivity contribution is 8.15. The van der Waals surface area contributed by atoms with Gasteiger partial charge in [0.1, 0.15) is 0 Å². The molecular formula is C10H6F6O4S2. The minimum atomic E-state index is -6.72. The van der Waals surface area contributed by atoms with E-state index in [4.69, 9.17) is 0 Å². The third-order valence-electron chi connectivity index (χ3n) is 2.22. The van der Waals surface area contributed by atoms with Crippen molar-refractivity contribution in [2.24, 2.45) is 0 Å². The third kappa shape index (κ3) is 3.43. The van der Waals surface area contributed by atoms with E-state index in [0.29, 0.717) is 0 Å². The van der Waals surface area contributed by atoms with Gasteiger partial charge in [-0.2, -0.15) is 26.3 Å². The van der Waals surface area contributed by atoms with Crippen LogP contribution in [-0.2, 0) is 19.7 Å². The van der Waals surface area contributed by atoms with Crippen molar-refractivity contribution in [3.63, 3.8) is 0 Å². The number of sulfone groups is 2. The Labute approximate surface area is 120 Å². The standard InChI is InChI=1S/C10H6F6O4S2/c11-9(12,13)21(17,18)8(22(19,20)10(14,15)16)6-7-4-2-1-3-5-7/h1-6H. The van der Waals surface area contributed by atoms with Crippen molar-refractivity contribution in [3.8, 4) is 0 Å². The molecule has 0 N–H and O–H groups in total. The normalized spacial score (nSPS) is 13.7. The first kappa shape index (κ1) is 18.5. The molecule has 0 fully saturated rings. The SMILES string of the molecule is O=S(=O)(C(=Cc1ccccc1)S(=O)(=O)C(F)(F)F)C(F)(F)F. The Morgan fingerprint density at radius 1 is 0.773 bits per heavy atom. The average Bonchev–Trinajstić information content (AvgIpc) is 2.34. The summed E-state index contributed by atoms with van der Waals surface area (Å²) in [5, 5.41) is 0. The van der Waals surface area contributed by atoms with Crippen molar-refractivity contribution < 1.29 is 43.2 Å². The van der Waals surface area contributed by atoms with Gasteiger partial charge in [-0.3, -0.25) is 0 Å². The van der Waals surface area contributed by atoms with E-state index >= 15 is 0 Å². The van der Waals surface area contributed by atoms with E-state index in [1.807, 2.05) is 0 Å². The highest BCUT2D eigenvalue weighted by Gasteiger charge is 2.59. The number of hydrogen-bond donors (Lipinski definition) is 0. The van der Waals surface area contributed by atoms with Crippen LogP contribution >= 0.6 is 0 Å². The Morgan fingerprint density at radius 3 is 1.45 bits per heavy atom. The highest BCUT2D eigenvalue weighted by atomic mass is 32.3. The molecule has 4 nitrogen and oxygen atoms in total. The molecule has 1 rings (SSSR count). The molecule has 0 spiro atoms. The quantitative estimate of drug-likeness (QED) is 0.770. The summed E-state index contributed by atoms with van der Waals surface area (Å²) in [6.45, 7) is 0. The Hall–Kier alpha value is -1.56. The van der Waals surface area contributed by atoms with E-state index in [2.05, 4.69) is 0 Å². The first-order valence-electron chi connectivity index (χ1n) is 5.11. The summed E-state index contributed by atoms with van der Waals surface area (Å²) in [5.41, 5.74) is -12.9. The van der Waals surface area contributed by atoms with Crippen molar-refractivity contribution in [1.29, 1.82) is 0 Å². The van der Waals surface area contributed by atoms with Crippen LogP contribution in [0.2, 0.25) is 0 Å². The summed E-state index contributed by atoms with van der Waals surface area (Å²) < 4.78 is 117. The molecule has 0 aliphatic heterocycles. The van der Waals surface area contributed by atoms with Gasteiger partial charge in [-0.1, -0.05) is 30.3 Å². The van der Waals surface area contributed by atoms with Gasteiger partial charge in [-0.05, 0) is 11.6 Å². The third-order valence-corrected chi connectivity index (χ3v) is 6.05. The second kappa shape index (κ2) is 5.57. The monoisotopic (exact) mass is 368 g/mol. The van der Waals surface area contributed by atoms with Gasteiger partial charge in [-0.25, -0.2) is 16.8 Å². The van der Waals surface area contributed by atoms with Crippen molar-refractivity contribution in [2.45, 2.75) is 11.0 Å². The fourth-order valence-corrected chi connectivity index (χ4v) is 3.97. The van der Waals surface area contributed by atoms with Crippen LogP contribution < -0.4 is 0 Å². The Morgan fingerprint density at radius 2 is 1.14 bits per heavy atom. The minimum absolute atomic E-state index is 0.189. The van der Waals surface area contributed by atoms with Gasteiger partial charge in [0, 0.05) is 0 Å². The van der Waals surface area contributed by atoms with E-state index in [9.17, 15) is 43.2 Å². The van der Waals surface area contributed by atoms with Gasteiger partial charge in [0.25, 0.3) is 19.7 Å². The molecule has 0 saturated carbocycles. The second-order valence-corrected chi connectivity index (χ2v) is 7.85. The van der Waals surface area contributed by atoms with Gasteiger partial charge in [0.05, 0.1) is 0 Å². The molecule has 1 aromatic carbocycles. The van der Waals surface area contributed by atoms with Gasteiger partial charge in [0.15, 0.2) is 4.24 Å². The molecule has 0 aliphatic carbocycles. The number of alkyl halides is 6. The number of halogens is 6. The van der Waals surface area contributed by atoms with Crippen LogP contribution in [0.4, 0.5) is 26.3 Å². The van der Waals surface area contributed by atoms with Crippen LogP contribution in [0.5, 0.6) is 0 Å².